The van der Waals surface area contributed by atoms with Crippen molar-refractivity contribution >= 4 is 28.5 Å². The van der Waals surface area contributed by atoms with Crippen molar-refractivity contribution in [3.05, 3.63) is 30.1 Å². The van der Waals surface area contributed by atoms with Gasteiger partial charge in [-0.15, -0.1) is 0 Å². The topological polar surface area (TPSA) is 93.5 Å². The summed E-state index contributed by atoms with van der Waals surface area (Å²) in [6.45, 7) is 0. The Morgan fingerprint density at radius 3 is 2.81 bits per heavy atom. The van der Waals surface area contributed by atoms with Crippen LogP contribution in [0.5, 0.6) is 0 Å². The normalized spacial score (nSPS) is 11.2. The molecule has 0 saturated carbocycles. The molecule has 0 aliphatic carbocycles. The number of benzene rings is 1. The van der Waals surface area contributed by atoms with Gasteiger partial charge in [0.2, 0.25) is 5.91 Å². The summed E-state index contributed by atoms with van der Waals surface area (Å²) < 4.78 is 13.1. The van der Waals surface area contributed by atoms with E-state index >= 15 is 0 Å². The van der Waals surface area contributed by atoms with Crippen LogP contribution in [0.2, 0.25) is 0 Å². The Kier molecular flexibility index (Phi) is 4.59. The maximum Gasteiger partial charge on any atom is 0.234 e. The van der Waals surface area contributed by atoms with E-state index in [-0.39, 0.29) is 22.5 Å². The van der Waals surface area contributed by atoms with Crippen LogP contribution < -0.4 is 16.9 Å². The van der Waals surface area contributed by atoms with Crippen molar-refractivity contribution in [1.82, 2.24) is 0 Å². The van der Waals surface area contributed by atoms with Crippen molar-refractivity contribution in [3.8, 4) is 0 Å². The number of thioether (sulfide) groups is 1. The third kappa shape index (κ3) is 3.77. The fourth-order valence-corrected chi connectivity index (χ4v) is 1.35. The number of nitrogens with one attached hydrogen (secondary N) is 1. The van der Waals surface area contributed by atoms with E-state index in [0.29, 0.717) is 0 Å². The molecule has 86 valence electrons. The summed E-state index contributed by atoms with van der Waals surface area (Å²) in [5.74, 6) is 4.06. The molecule has 0 aliphatic rings. The number of hydrazone groups is 1. The van der Waals surface area contributed by atoms with Gasteiger partial charge in [-0.1, -0.05) is 23.9 Å². The highest BCUT2D eigenvalue weighted by molar-refractivity contribution is 8.14. The molecule has 5 nitrogen and oxygen atoms in total. The van der Waals surface area contributed by atoms with Gasteiger partial charge in [0.25, 0.3) is 0 Å². The minimum Gasteiger partial charge on any atom is -0.377 e. The number of amidine groups is 1. The van der Waals surface area contributed by atoms with Gasteiger partial charge in [0.15, 0.2) is 5.17 Å². The predicted octanol–water partition coefficient (Wildman–Crippen LogP) is 0.686. The largest absolute Gasteiger partial charge is 0.377 e. The molecule has 1 rings (SSSR count). The predicted molar refractivity (Wildman–Crippen MR) is 63.3 cm³/mol. The van der Waals surface area contributed by atoms with Crippen molar-refractivity contribution in [3.63, 3.8) is 0 Å². The van der Waals surface area contributed by atoms with Crippen molar-refractivity contribution < 1.29 is 9.18 Å². The Balaban J connectivity index is 2.49. The van der Waals surface area contributed by atoms with Crippen LogP contribution in [-0.2, 0) is 4.79 Å². The number of nitrogens with zero attached hydrogens (tertiary/aromatic N) is 1. The van der Waals surface area contributed by atoms with Crippen LogP contribution in [0.4, 0.5) is 10.1 Å². The average molecular weight is 242 g/mol. The van der Waals surface area contributed by atoms with Crippen LogP contribution in [0.15, 0.2) is 29.4 Å². The van der Waals surface area contributed by atoms with Gasteiger partial charge in [0, 0.05) is 0 Å². The quantitative estimate of drug-likeness (QED) is 0.314. The second kappa shape index (κ2) is 5.96. The van der Waals surface area contributed by atoms with Crippen molar-refractivity contribution in [2.24, 2.45) is 16.7 Å². The number of para-hydroxylation sites is 1. The van der Waals surface area contributed by atoms with Crippen LogP contribution >= 0.6 is 11.8 Å². The summed E-state index contributed by atoms with van der Waals surface area (Å²) in [5, 5.41) is 5.69. The first-order chi connectivity index (χ1) is 7.63. The van der Waals surface area contributed by atoms with E-state index in [1.54, 1.807) is 12.1 Å². The molecule has 16 heavy (non-hydrogen) atoms. The zero-order chi connectivity index (χ0) is 12.0. The molecule has 0 unspecified atom stereocenters. The van der Waals surface area contributed by atoms with Gasteiger partial charge in [-0.05, 0) is 12.1 Å². The van der Waals surface area contributed by atoms with E-state index in [9.17, 15) is 9.18 Å². The fraction of sp³-hybridized carbons (Fsp3) is 0.111. The summed E-state index contributed by atoms with van der Waals surface area (Å²) in [6, 6.07) is 5.90. The molecule has 0 aliphatic heterocycles. The lowest BCUT2D eigenvalue weighted by atomic mass is 10.3. The second-order valence-electron chi connectivity index (χ2n) is 2.78. The maximum atomic E-state index is 13.1. The van der Waals surface area contributed by atoms with Crippen LogP contribution in [0.1, 0.15) is 0 Å². The number of carbonyl (C=O) groups excluding carboxylic acids is 1. The zero-order valence-corrected chi connectivity index (χ0v) is 9.13. The van der Waals surface area contributed by atoms with Gasteiger partial charge in [-0.25, -0.2) is 4.39 Å². The van der Waals surface area contributed by atoms with E-state index in [0.717, 1.165) is 11.8 Å². The second-order valence-corrected chi connectivity index (χ2v) is 3.78. The Morgan fingerprint density at radius 1 is 1.50 bits per heavy atom. The minimum absolute atomic E-state index is 0.0286. The molecule has 1 aromatic rings. The molecule has 0 fully saturated rings. The molecule has 0 spiro atoms. The highest BCUT2D eigenvalue weighted by atomic mass is 32.2. The number of hydrogen-bond donors (Lipinski definition) is 3. The van der Waals surface area contributed by atoms with Gasteiger partial charge in [-0.3, -0.25) is 4.79 Å². The van der Waals surface area contributed by atoms with Gasteiger partial charge >= 0.3 is 0 Å². The minimum atomic E-state index is -0.485. The van der Waals surface area contributed by atoms with E-state index in [1.165, 1.54) is 12.1 Å². The number of hydrogen-bond acceptors (Lipinski definition) is 4. The number of nitrogens with two attached hydrogens (primary N) is 2. The molecule has 7 heteroatoms. The van der Waals surface area contributed by atoms with Crippen LogP contribution in [0.3, 0.4) is 0 Å². The van der Waals surface area contributed by atoms with Gasteiger partial charge in [-0.2, -0.15) is 5.10 Å². The zero-order valence-electron chi connectivity index (χ0n) is 8.31. The van der Waals surface area contributed by atoms with E-state index < -0.39 is 5.82 Å². The maximum absolute atomic E-state index is 13.1. The third-order valence-electron chi connectivity index (χ3n) is 1.63. The van der Waals surface area contributed by atoms with Crippen molar-refractivity contribution in [1.29, 1.82) is 0 Å². The molecule has 5 N–H and O–H groups in total. The van der Waals surface area contributed by atoms with Crippen molar-refractivity contribution in [2.45, 2.75) is 0 Å². The fourth-order valence-electron chi connectivity index (χ4n) is 0.926. The molecule has 1 amide bonds. The highest BCUT2D eigenvalue weighted by Crippen LogP contribution is 2.12. The molecular formula is C9H11FN4OS. The number of carbonyl (C=O) groups is 1. The molecule has 0 radical (unpaired) electrons. The Bertz CT molecular complexity index is 410. The lowest BCUT2D eigenvalue weighted by Gasteiger charge is -2.05. The van der Waals surface area contributed by atoms with Gasteiger partial charge < -0.3 is 16.9 Å². The molecule has 1 aromatic carbocycles. The van der Waals surface area contributed by atoms with Crippen LogP contribution in [-0.4, -0.2) is 16.8 Å². The van der Waals surface area contributed by atoms with Crippen LogP contribution in [0, 0.1) is 5.82 Å². The first kappa shape index (κ1) is 12.3. The van der Waals surface area contributed by atoms with Crippen LogP contribution in [0.25, 0.3) is 0 Å². The van der Waals surface area contributed by atoms with E-state index in [1.807, 2.05) is 0 Å². The highest BCUT2D eigenvalue weighted by Gasteiger charge is 2.07. The molecule has 0 aromatic heterocycles. The lowest BCUT2D eigenvalue weighted by Crippen LogP contribution is -2.19. The van der Waals surface area contributed by atoms with Gasteiger partial charge in [0.05, 0.1) is 11.4 Å². The number of rotatable bonds is 3. The Labute approximate surface area is 96.1 Å². The number of amides is 1. The van der Waals surface area contributed by atoms with E-state index in [4.69, 9.17) is 11.6 Å². The smallest absolute Gasteiger partial charge is 0.234 e. The van der Waals surface area contributed by atoms with Crippen molar-refractivity contribution in [2.75, 3.05) is 11.1 Å². The molecule has 0 atom stereocenters. The standard InChI is InChI=1S/C9H11FN4OS/c10-6-3-1-2-4-7(6)13-8(15)5-16-9(11)14-12/h1-4H,5,12H2,(H2,11,14)(H,13,15). The number of anilines is 1. The summed E-state index contributed by atoms with van der Waals surface area (Å²) in [4.78, 5) is 11.3. The van der Waals surface area contributed by atoms with E-state index in [2.05, 4.69) is 10.4 Å². The Morgan fingerprint density at radius 2 is 2.19 bits per heavy atom. The first-order valence-electron chi connectivity index (χ1n) is 4.34. The Hall–Kier alpha value is -1.76. The summed E-state index contributed by atoms with van der Waals surface area (Å²) in [6.07, 6.45) is 0. The third-order valence-corrected chi connectivity index (χ3v) is 2.43. The molecule has 0 heterocycles. The van der Waals surface area contributed by atoms with Gasteiger partial charge in [0.1, 0.15) is 5.82 Å². The lowest BCUT2D eigenvalue weighted by molar-refractivity contribution is -0.113. The monoisotopic (exact) mass is 242 g/mol. The summed E-state index contributed by atoms with van der Waals surface area (Å²) >= 11 is 0.978. The number of halogens is 1. The molecule has 0 bridgehead atoms. The summed E-state index contributed by atoms with van der Waals surface area (Å²) in [7, 11) is 0. The average Bonchev–Trinajstić information content (AvgIpc) is 2.29. The molecule has 0 saturated heterocycles. The first-order valence-corrected chi connectivity index (χ1v) is 5.32. The molecular weight excluding hydrogens is 231 g/mol. The SMILES string of the molecule is NN=C(N)SCC(=O)Nc1ccccc1F. The summed E-state index contributed by atoms with van der Waals surface area (Å²) in [5.41, 5.74) is 5.41.